The zero-order valence-electron chi connectivity index (χ0n) is 15.6. The molecule has 1 fully saturated rings. The number of hydrogen-bond donors (Lipinski definition) is 2. The molecule has 0 bridgehead atoms. The molecule has 1 aliphatic carbocycles. The molecule has 1 saturated carbocycles. The third-order valence-corrected chi connectivity index (χ3v) is 5.67. The van der Waals surface area contributed by atoms with Crippen LogP contribution in [0.2, 0.25) is 5.02 Å². The number of amides is 1. The number of aromatic nitrogens is 1. The number of fused-ring (bicyclic) bond motifs is 1. The summed E-state index contributed by atoms with van der Waals surface area (Å²) in [6.45, 7) is 4.27. The van der Waals surface area contributed by atoms with E-state index >= 15 is 0 Å². The first-order valence-electron chi connectivity index (χ1n) is 8.89. The summed E-state index contributed by atoms with van der Waals surface area (Å²) in [6, 6.07) is 6.54. The van der Waals surface area contributed by atoms with Crippen molar-refractivity contribution in [1.29, 1.82) is 0 Å². The topological polar surface area (TPSA) is 88.3 Å². The first kappa shape index (κ1) is 19.4. The number of pyridine rings is 1. The first-order chi connectivity index (χ1) is 12.7. The molecule has 0 atom stereocenters. The molecular weight excluding hydrogens is 368 g/mol. The highest BCUT2D eigenvalue weighted by Gasteiger charge is 2.46. The van der Waals surface area contributed by atoms with E-state index in [2.05, 4.69) is 24.1 Å². The van der Waals surface area contributed by atoms with Gasteiger partial charge in [-0.2, -0.15) is 0 Å². The van der Waals surface area contributed by atoms with E-state index in [4.69, 9.17) is 16.3 Å². The van der Waals surface area contributed by atoms with Gasteiger partial charge in [-0.3, -0.25) is 9.59 Å². The molecule has 2 aromatic rings. The molecule has 1 aromatic carbocycles. The summed E-state index contributed by atoms with van der Waals surface area (Å²) in [4.78, 5) is 40.4. The number of nitrogens with one attached hydrogen (secondary N) is 2. The molecule has 1 aliphatic rings. The molecule has 2 N–H and O–H groups in total. The van der Waals surface area contributed by atoms with Crippen LogP contribution in [0.15, 0.2) is 29.1 Å². The normalized spacial score (nSPS) is 18.1. The summed E-state index contributed by atoms with van der Waals surface area (Å²) in [5.41, 5.74) is -1.03. The van der Waals surface area contributed by atoms with Crippen molar-refractivity contribution >= 4 is 34.4 Å². The highest BCUT2D eigenvalue weighted by Crippen LogP contribution is 2.40. The van der Waals surface area contributed by atoms with Crippen molar-refractivity contribution < 1.29 is 14.3 Å². The number of halogens is 1. The molecule has 7 heteroatoms. The van der Waals surface area contributed by atoms with Gasteiger partial charge in [-0.15, -0.1) is 0 Å². The van der Waals surface area contributed by atoms with Crippen LogP contribution in [0.5, 0.6) is 0 Å². The average Bonchev–Trinajstić information content (AvgIpc) is 2.62. The van der Waals surface area contributed by atoms with Gasteiger partial charge in [0.25, 0.3) is 11.5 Å². The molecule has 144 valence electrons. The predicted molar refractivity (Wildman–Crippen MR) is 104 cm³/mol. The smallest absolute Gasteiger partial charge is 0.331 e. The van der Waals surface area contributed by atoms with Crippen LogP contribution in [0.25, 0.3) is 10.9 Å². The van der Waals surface area contributed by atoms with Gasteiger partial charge >= 0.3 is 5.97 Å². The fourth-order valence-electron chi connectivity index (χ4n) is 3.56. The lowest BCUT2D eigenvalue weighted by Crippen LogP contribution is -2.58. The number of rotatable bonds is 3. The fourth-order valence-corrected chi connectivity index (χ4v) is 3.73. The van der Waals surface area contributed by atoms with Gasteiger partial charge in [0.15, 0.2) is 0 Å². The summed E-state index contributed by atoms with van der Waals surface area (Å²) in [6.07, 6.45) is 2.49. The van der Waals surface area contributed by atoms with Gasteiger partial charge < -0.3 is 15.0 Å². The molecule has 27 heavy (non-hydrogen) atoms. The van der Waals surface area contributed by atoms with Crippen molar-refractivity contribution in [3.63, 3.8) is 0 Å². The fraction of sp³-hybridized carbons (Fsp3) is 0.450. The Morgan fingerprint density at radius 2 is 1.81 bits per heavy atom. The maximum absolute atomic E-state index is 12.9. The zero-order chi connectivity index (χ0) is 19.8. The van der Waals surface area contributed by atoms with Gasteiger partial charge in [-0.1, -0.05) is 31.5 Å². The van der Waals surface area contributed by atoms with Crippen molar-refractivity contribution in [3.8, 4) is 0 Å². The third-order valence-electron chi connectivity index (χ3n) is 5.44. The highest BCUT2D eigenvalue weighted by molar-refractivity contribution is 6.31. The maximum atomic E-state index is 12.9. The van der Waals surface area contributed by atoms with Gasteiger partial charge in [-0.25, -0.2) is 4.79 Å². The van der Waals surface area contributed by atoms with Gasteiger partial charge in [0.1, 0.15) is 11.1 Å². The number of hydrogen-bond acceptors (Lipinski definition) is 4. The van der Waals surface area contributed by atoms with E-state index in [9.17, 15) is 14.4 Å². The van der Waals surface area contributed by atoms with Gasteiger partial charge in [-0.05, 0) is 54.7 Å². The van der Waals surface area contributed by atoms with Crippen LogP contribution < -0.4 is 10.9 Å². The lowest BCUT2D eigenvalue weighted by molar-refractivity contribution is -0.150. The number of carbonyl (C=O) groups excluding carboxylic acids is 2. The molecule has 1 amide bonds. The third kappa shape index (κ3) is 3.86. The number of methoxy groups -OCH3 is 1. The lowest BCUT2D eigenvalue weighted by atomic mass is 9.69. The molecule has 0 radical (unpaired) electrons. The molecular formula is C20H23ClN2O4. The Morgan fingerprint density at radius 3 is 2.44 bits per heavy atom. The van der Waals surface area contributed by atoms with E-state index in [0.717, 1.165) is 12.8 Å². The molecule has 1 heterocycles. The molecule has 6 nitrogen and oxygen atoms in total. The van der Waals surface area contributed by atoms with Gasteiger partial charge in [0, 0.05) is 10.5 Å². The Bertz CT molecular complexity index is 954. The van der Waals surface area contributed by atoms with Crippen LogP contribution >= 0.6 is 11.6 Å². The second-order valence-corrected chi connectivity index (χ2v) is 8.37. The summed E-state index contributed by atoms with van der Waals surface area (Å²) < 4.78 is 4.96. The van der Waals surface area contributed by atoms with Gasteiger partial charge in [0.05, 0.1) is 7.11 Å². The van der Waals surface area contributed by atoms with E-state index < -0.39 is 23.0 Å². The van der Waals surface area contributed by atoms with E-state index in [1.54, 1.807) is 18.2 Å². The first-order valence-corrected chi connectivity index (χ1v) is 9.27. The van der Waals surface area contributed by atoms with Crippen LogP contribution in [0, 0.1) is 5.41 Å². The van der Waals surface area contributed by atoms with Crippen LogP contribution in [-0.2, 0) is 9.53 Å². The molecule has 0 spiro atoms. The summed E-state index contributed by atoms with van der Waals surface area (Å²) >= 11 is 5.94. The number of H-pyrrole nitrogens is 1. The van der Waals surface area contributed by atoms with E-state index in [0.29, 0.717) is 28.8 Å². The Hall–Kier alpha value is -2.34. The van der Waals surface area contributed by atoms with E-state index in [1.807, 2.05) is 0 Å². The minimum absolute atomic E-state index is 0.0436. The molecule has 0 saturated heterocycles. The number of esters is 1. The zero-order valence-corrected chi connectivity index (χ0v) is 16.4. The summed E-state index contributed by atoms with van der Waals surface area (Å²) in [5, 5.41) is 3.97. The number of carbonyl (C=O) groups is 2. The van der Waals surface area contributed by atoms with Crippen LogP contribution in [0.1, 0.15) is 49.9 Å². The van der Waals surface area contributed by atoms with Crippen LogP contribution in [0.3, 0.4) is 0 Å². The second-order valence-electron chi connectivity index (χ2n) is 7.94. The standard InChI is InChI=1S/C20H23ClN2O4/c1-19(2)6-8-20(9-7-19,18(26)27-3)23-17(25)14-10-12-4-5-13(21)11-15(12)22-16(14)24/h4-5,10-11H,6-9H2,1-3H3,(H,22,24)(H,23,25). The second kappa shape index (κ2) is 7.00. The molecule has 0 aliphatic heterocycles. The monoisotopic (exact) mass is 390 g/mol. The van der Waals surface area contributed by atoms with Crippen molar-refractivity contribution in [2.45, 2.75) is 45.1 Å². The number of aromatic amines is 1. The lowest BCUT2D eigenvalue weighted by Gasteiger charge is -2.41. The van der Waals surface area contributed by atoms with Crippen molar-refractivity contribution in [1.82, 2.24) is 10.3 Å². The Kier molecular flexibility index (Phi) is 5.04. The Morgan fingerprint density at radius 1 is 1.15 bits per heavy atom. The summed E-state index contributed by atoms with van der Waals surface area (Å²) in [5.74, 6) is -1.06. The molecule has 1 aromatic heterocycles. The quantitative estimate of drug-likeness (QED) is 0.786. The summed E-state index contributed by atoms with van der Waals surface area (Å²) in [7, 11) is 1.31. The minimum Gasteiger partial charge on any atom is -0.467 e. The highest BCUT2D eigenvalue weighted by atomic mass is 35.5. The SMILES string of the molecule is COC(=O)C1(NC(=O)c2cc3ccc(Cl)cc3[nH]c2=O)CCC(C)(C)CC1. The number of benzene rings is 1. The van der Waals surface area contributed by atoms with Crippen molar-refractivity contribution in [2.24, 2.45) is 5.41 Å². The van der Waals surface area contributed by atoms with Gasteiger partial charge in [0.2, 0.25) is 0 Å². The van der Waals surface area contributed by atoms with Crippen molar-refractivity contribution in [3.05, 3.63) is 45.2 Å². The Labute approximate surface area is 162 Å². The van der Waals surface area contributed by atoms with Crippen LogP contribution in [-0.4, -0.2) is 29.5 Å². The van der Waals surface area contributed by atoms with Crippen LogP contribution in [0.4, 0.5) is 0 Å². The van der Waals surface area contributed by atoms with E-state index in [-0.39, 0.29) is 11.0 Å². The maximum Gasteiger partial charge on any atom is 0.331 e. The van der Waals surface area contributed by atoms with Crippen molar-refractivity contribution in [2.75, 3.05) is 7.11 Å². The average molecular weight is 391 g/mol. The largest absolute Gasteiger partial charge is 0.467 e. The molecule has 0 unspecified atom stereocenters. The predicted octanol–water partition coefficient (Wildman–Crippen LogP) is 3.42. The Balaban J connectivity index is 1.93. The molecule has 3 rings (SSSR count). The number of ether oxygens (including phenoxy) is 1. The minimum atomic E-state index is -1.11. The van der Waals surface area contributed by atoms with E-state index in [1.165, 1.54) is 13.2 Å².